The van der Waals surface area contributed by atoms with Gasteiger partial charge in [-0.25, -0.2) is 4.79 Å². The van der Waals surface area contributed by atoms with Gasteiger partial charge in [0.25, 0.3) is 5.91 Å². The summed E-state index contributed by atoms with van der Waals surface area (Å²) in [5.41, 5.74) is 0.584. The minimum atomic E-state index is -0.458. The van der Waals surface area contributed by atoms with Gasteiger partial charge in [0.05, 0.1) is 13.2 Å². The Kier molecular flexibility index (Phi) is 10.6. The molecule has 0 unspecified atom stereocenters. The molecule has 0 bridgehead atoms. The lowest BCUT2D eigenvalue weighted by molar-refractivity contribution is -0.147. The van der Waals surface area contributed by atoms with Crippen molar-refractivity contribution in [3.63, 3.8) is 0 Å². The third-order valence-electron chi connectivity index (χ3n) is 5.44. The molecule has 1 saturated heterocycles. The topological polar surface area (TPSA) is 55.8 Å². The second-order valence-electron chi connectivity index (χ2n) is 7.76. The van der Waals surface area contributed by atoms with Crippen molar-refractivity contribution in [2.45, 2.75) is 84.1 Å². The lowest BCUT2D eigenvalue weighted by Crippen LogP contribution is -2.41. The molecular formula is C24H37NO4. The number of carbonyl (C=O) groups is 2. The van der Waals surface area contributed by atoms with Crippen LogP contribution in [0.4, 0.5) is 0 Å². The van der Waals surface area contributed by atoms with Crippen molar-refractivity contribution in [3.8, 4) is 5.75 Å². The van der Waals surface area contributed by atoms with Gasteiger partial charge in [0, 0.05) is 12.1 Å². The van der Waals surface area contributed by atoms with Crippen LogP contribution in [0.25, 0.3) is 0 Å². The second-order valence-corrected chi connectivity index (χ2v) is 7.76. The van der Waals surface area contributed by atoms with Crippen molar-refractivity contribution in [3.05, 3.63) is 29.8 Å². The first-order valence-electron chi connectivity index (χ1n) is 11.4. The van der Waals surface area contributed by atoms with Crippen molar-refractivity contribution in [1.82, 2.24) is 4.90 Å². The number of unbranched alkanes of at least 4 members (excludes halogenated alkanes) is 7. The normalized spacial score (nSPS) is 16.1. The quantitative estimate of drug-likeness (QED) is 0.328. The Balaban J connectivity index is 1.71. The van der Waals surface area contributed by atoms with Crippen LogP contribution in [0.15, 0.2) is 24.3 Å². The number of likely N-dealkylation sites (tertiary alicyclic amines) is 1. The van der Waals surface area contributed by atoms with E-state index in [2.05, 4.69) is 6.92 Å². The number of hydrogen-bond donors (Lipinski definition) is 0. The zero-order valence-corrected chi connectivity index (χ0v) is 18.2. The molecule has 29 heavy (non-hydrogen) atoms. The summed E-state index contributed by atoms with van der Waals surface area (Å²) in [5.74, 6) is 0.367. The van der Waals surface area contributed by atoms with E-state index < -0.39 is 6.04 Å². The maximum Gasteiger partial charge on any atom is 0.328 e. The van der Waals surface area contributed by atoms with E-state index in [-0.39, 0.29) is 11.9 Å². The number of benzene rings is 1. The molecule has 1 aliphatic heterocycles. The zero-order chi connectivity index (χ0) is 20.9. The molecule has 1 fully saturated rings. The molecule has 0 aliphatic carbocycles. The summed E-state index contributed by atoms with van der Waals surface area (Å²) in [6, 6.07) is 6.79. The molecule has 1 amide bonds. The molecule has 0 saturated carbocycles. The van der Waals surface area contributed by atoms with Crippen molar-refractivity contribution in [2.75, 3.05) is 19.8 Å². The third kappa shape index (κ3) is 7.71. The van der Waals surface area contributed by atoms with Gasteiger partial charge in [-0.05, 0) is 50.5 Å². The number of ether oxygens (including phenoxy) is 2. The van der Waals surface area contributed by atoms with Crippen molar-refractivity contribution >= 4 is 11.9 Å². The number of carbonyl (C=O) groups excluding carboxylic acids is 2. The van der Waals surface area contributed by atoms with Gasteiger partial charge in [0.1, 0.15) is 11.8 Å². The standard InChI is InChI=1S/C24H37NO4/c1-3-5-6-7-8-9-10-11-19-29-21-16-14-20(15-17-21)23(26)25-18-12-13-22(25)24(27)28-4-2/h14-17,22H,3-13,18-19H2,1-2H3/t22-/m0/s1. The maximum absolute atomic E-state index is 12.8. The summed E-state index contributed by atoms with van der Waals surface area (Å²) < 4.78 is 10.9. The van der Waals surface area contributed by atoms with Gasteiger partial charge in [-0.3, -0.25) is 4.79 Å². The summed E-state index contributed by atoms with van der Waals surface area (Å²) in [7, 11) is 0. The van der Waals surface area contributed by atoms with E-state index in [0.29, 0.717) is 31.7 Å². The Morgan fingerprint density at radius 2 is 1.62 bits per heavy atom. The first kappa shape index (κ1) is 23.2. The molecule has 0 aromatic heterocycles. The first-order valence-corrected chi connectivity index (χ1v) is 11.4. The number of hydrogen-bond acceptors (Lipinski definition) is 4. The van der Waals surface area contributed by atoms with Gasteiger partial charge in [-0.15, -0.1) is 0 Å². The molecule has 1 atom stereocenters. The summed E-state index contributed by atoms with van der Waals surface area (Å²) in [5, 5.41) is 0. The molecule has 0 spiro atoms. The predicted molar refractivity (Wildman–Crippen MR) is 115 cm³/mol. The highest BCUT2D eigenvalue weighted by Crippen LogP contribution is 2.22. The smallest absolute Gasteiger partial charge is 0.328 e. The fraction of sp³-hybridized carbons (Fsp3) is 0.667. The first-order chi connectivity index (χ1) is 14.2. The highest BCUT2D eigenvalue weighted by molar-refractivity contribution is 5.97. The largest absolute Gasteiger partial charge is 0.494 e. The van der Waals surface area contributed by atoms with Crippen LogP contribution in [-0.2, 0) is 9.53 Å². The molecule has 1 heterocycles. The van der Waals surface area contributed by atoms with E-state index in [9.17, 15) is 9.59 Å². The molecule has 162 valence electrons. The van der Waals surface area contributed by atoms with Gasteiger partial charge in [0.15, 0.2) is 0 Å². The molecule has 1 aromatic carbocycles. The Morgan fingerprint density at radius 3 is 2.28 bits per heavy atom. The monoisotopic (exact) mass is 403 g/mol. The van der Waals surface area contributed by atoms with E-state index >= 15 is 0 Å². The predicted octanol–water partition coefficient (Wildman–Crippen LogP) is 5.37. The molecule has 0 N–H and O–H groups in total. The van der Waals surface area contributed by atoms with E-state index in [1.807, 2.05) is 12.1 Å². The minimum Gasteiger partial charge on any atom is -0.494 e. The zero-order valence-electron chi connectivity index (χ0n) is 18.2. The van der Waals surface area contributed by atoms with Gasteiger partial charge in [-0.1, -0.05) is 51.9 Å². The van der Waals surface area contributed by atoms with Crippen LogP contribution in [0.1, 0.15) is 88.4 Å². The van der Waals surface area contributed by atoms with Crippen molar-refractivity contribution in [2.24, 2.45) is 0 Å². The molecular weight excluding hydrogens is 366 g/mol. The minimum absolute atomic E-state index is 0.116. The molecule has 0 radical (unpaired) electrons. The van der Waals surface area contributed by atoms with Crippen LogP contribution in [0, 0.1) is 0 Å². The number of rotatable bonds is 13. The summed E-state index contributed by atoms with van der Waals surface area (Å²) >= 11 is 0. The van der Waals surface area contributed by atoms with Crippen molar-refractivity contribution < 1.29 is 19.1 Å². The average molecular weight is 404 g/mol. The number of esters is 1. The van der Waals surface area contributed by atoms with Crippen LogP contribution in [0.3, 0.4) is 0 Å². The lowest BCUT2D eigenvalue weighted by atomic mass is 10.1. The van der Waals surface area contributed by atoms with Crippen LogP contribution < -0.4 is 4.74 Å². The Hall–Kier alpha value is -2.04. The van der Waals surface area contributed by atoms with Gasteiger partial charge in [-0.2, -0.15) is 0 Å². The Labute approximate surface area is 175 Å². The molecule has 2 rings (SSSR count). The summed E-state index contributed by atoms with van der Waals surface area (Å²) in [6.07, 6.45) is 11.7. The Bertz CT molecular complexity index is 614. The van der Waals surface area contributed by atoms with Crippen LogP contribution in [0.5, 0.6) is 5.75 Å². The molecule has 5 nitrogen and oxygen atoms in total. The Morgan fingerprint density at radius 1 is 0.966 bits per heavy atom. The summed E-state index contributed by atoms with van der Waals surface area (Å²) in [6.45, 7) is 5.67. The highest BCUT2D eigenvalue weighted by atomic mass is 16.5. The van der Waals surface area contributed by atoms with Crippen LogP contribution >= 0.6 is 0 Å². The SMILES string of the molecule is CCCCCCCCCCOc1ccc(C(=O)N2CCC[C@H]2C(=O)OCC)cc1. The summed E-state index contributed by atoms with van der Waals surface area (Å²) in [4.78, 5) is 26.5. The van der Waals surface area contributed by atoms with Crippen LogP contribution in [-0.4, -0.2) is 42.6 Å². The van der Waals surface area contributed by atoms with Gasteiger partial charge in [0.2, 0.25) is 0 Å². The molecule has 1 aromatic rings. The van der Waals surface area contributed by atoms with Crippen molar-refractivity contribution in [1.29, 1.82) is 0 Å². The van der Waals surface area contributed by atoms with Gasteiger partial charge >= 0.3 is 5.97 Å². The second kappa shape index (κ2) is 13.2. The number of amides is 1. The van der Waals surface area contributed by atoms with E-state index in [1.165, 1.54) is 44.9 Å². The average Bonchev–Trinajstić information content (AvgIpc) is 3.23. The fourth-order valence-electron chi connectivity index (χ4n) is 3.78. The van der Waals surface area contributed by atoms with Crippen LogP contribution in [0.2, 0.25) is 0 Å². The third-order valence-corrected chi connectivity index (χ3v) is 5.44. The lowest BCUT2D eigenvalue weighted by Gasteiger charge is -2.23. The molecule has 5 heteroatoms. The van der Waals surface area contributed by atoms with E-state index in [0.717, 1.165) is 18.6 Å². The van der Waals surface area contributed by atoms with Gasteiger partial charge < -0.3 is 14.4 Å². The van der Waals surface area contributed by atoms with E-state index in [1.54, 1.807) is 24.0 Å². The number of nitrogens with zero attached hydrogens (tertiary/aromatic N) is 1. The maximum atomic E-state index is 12.8. The fourth-order valence-corrected chi connectivity index (χ4v) is 3.78. The van der Waals surface area contributed by atoms with E-state index in [4.69, 9.17) is 9.47 Å². The molecule has 1 aliphatic rings. The highest BCUT2D eigenvalue weighted by Gasteiger charge is 2.35.